The van der Waals surface area contributed by atoms with Gasteiger partial charge < -0.3 is 10.6 Å². The molecule has 148 valence electrons. The van der Waals surface area contributed by atoms with Gasteiger partial charge in [0.2, 0.25) is 11.8 Å². The van der Waals surface area contributed by atoms with Crippen LogP contribution in [-0.2, 0) is 9.59 Å². The van der Waals surface area contributed by atoms with E-state index in [1.807, 2.05) is 6.92 Å². The number of hydrogen-bond donors (Lipinski definition) is 2. The van der Waals surface area contributed by atoms with Crippen LogP contribution in [0.1, 0.15) is 38.2 Å². The van der Waals surface area contributed by atoms with Crippen molar-refractivity contribution in [2.45, 2.75) is 39.5 Å². The lowest BCUT2D eigenvalue weighted by Gasteiger charge is -2.32. The first-order chi connectivity index (χ1) is 12.9. The lowest BCUT2D eigenvalue weighted by atomic mass is 9.98. The van der Waals surface area contributed by atoms with Crippen LogP contribution in [0.15, 0.2) is 18.2 Å². The SMILES string of the molecule is CCCC(=O)NCC1CCCN(CC(=O)Nc2ccc(C)c([N+](=O)[O-])c2)C1. The molecule has 2 N–H and O–H groups in total. The molecule has 2 rings (SSSR count). The smallest absolute Gasteiger partial charge is 0.274 e. The highest BCUT2D eigenvalue weighted by Crippen LogP contribution is 2.22. The largest absolute Gasteiger partial charge is 0.356 e. The van der Waals surface area contributed by atoms with Gasteiger partial charge in [-0.1, -0.05) is 13.0 Å². The Morgan fingerprint density at radius 3 is 2.81 bits per heavy atom. The summed E-state index contributed by atoms with van der Waals surface area (Å²) in [7, 11) is 0. The van der Waals surface area contributed by atoms with E-state index in [2.05, 4.69) is 15.5 Å². The molecule has 0 saturated carbocycles. The number of carbonyl (C=O) groups excluding carboxylic acids is 2. The number of nitro groups is 1. The van der Waals surface area contributed by atoms with Crippen LogP contribution in [0, 0.1) is 23.0 Å². The molecular weight excluding hydrogens is 348 g/mol. The molecule has 1 aromatic rings. The summed E-state index contributed by atoms with van der Waals surface area (Å²) in [4.78, 5) is 36.6. The summed E-state index contributed by atoms with van der Waals surface area (Å²) in [5, 5.41) is 16.7. The molecule has 0 aliphatic carbocycles. The molecule has 0 radical (unpaired) electrons. The second-order valence-electron chi connectivity index (χ2n) is 7.10. The fourth-order valence-electron chi connectivity index (χ4n) is 3.32. The van der Waals surface area contributed by atoms with Crippen LogP contribution in [0.4, 0.5) is 11.4 Å². The molecule has 1 saturated heterocycles. The van der Waals surface area contributed by atoms with Crippen LogP contribution in [0.2, 0.25) is 0 Å². The number of amides is 2. The van der Waals surface area contributed by atoms with Gasteiger partial charge in [0, 0.05) is 36.8 Å². The molecule has 1 atom stereocenters. The van der Waals surface area contributed by atoms with E-state index < -0.39 is 4.92 Å². The number of nitro benzene ring substituents is 1. The van der Waals surface area contributed by atoms with Crippen LogP contribution < -0.4 is 10.6 Å². The summed E-state index contributed by atoms with van der Waals surface area (Å²) in [6, 6.07) is 4.68. The number of aryl methyl sites for hydroxylation is 1. The average Bonchev–Trinajstić information content (AvgIpc) is 2.62. The van der Waals surface area contributed by atoms with E-state index in [1.54, 1.807) is 19.1 Å². The molecule has 1 aliphatic heterocycles. The van der Waals surface area contributed by atoms with Crippen molar-refractivity contribution in [1.29, 1.82) is 0 Å². The lowest BCUT2D eigenvalue weighted by Crippen LogP contribution is -2.43. The minimum Gasteiger partial charge on any atom is -0.356 e. The third kappa shape index (κ3) is 6.63. The Bertz CT molecular complexity index is 692. The third-order valence-corrected chi connectivity index (χ3v) is 4.72. The standard InChI is InChI=1S/C19H28N4O4/c1-3-5-18(24)20-11-15-6-4-9-22(12-15)13-19(25)21-16-8-7-14(2)17(10-16)23(26)27/h7-8,10,15H,3-6,9,11-13H2,1-2H3,(H,20,24)(H,21,25). The molecule has 1 heterocycles. The van der Waals surface area contributed by atoms with Crippen LogP contribution in [0.3, 0.4) is 0 Å². The Labute approximate surface area is 159 Å². The number of rotatable bonds is 8. The van der Waals surface area contributed by atoms with Gasteiger partial charge in [-0.15, -0.1) is 0 Å². The van der Waals surface area contributed by atoms with Crippen LogP contribution in [-0.4, -0.2) is 47.8 Å². The van der Waals surface area contributed by atoms with Gasteiger partial charge in [0.1, 0.15) is 0 Å². The lowest BCUT2D eigenvalue weighted by molar-refractivity contribution is -0.385. The molecule has 1 aromatic carbocycles. The van der Waals surface area contributed by atoms with Crippen LogP contribution in [0.5, 0.6) is 0 Å². The maximum absolute atomic E-state index is 12.3. The number of nitrogens with one attached hydrogen (secondary N) is 2. The molecule has 0 aromatic heterocycles. The number of benzene rings is 1. The predicted molar refractivity (Wildman–Crippen MR) is 104 cm³/mol. The Morgan fingerprint density at radius 1 is 1.33 bits per heavy atom. The number of nitrogens with zero attached hydrogens (tertiary/aromatic N) is 2. The Hall–Kier alpha value is -2.48. The molecule has 27 heavy (non-hydrogen) atoms. The van der Waals surface area contributed by atoms with Crippen molar-refractivity contribution < 1.29 is 14.5 Å². The first kappa shape index (κ1) is 20.8. The summed E-state index contributed by atoms with van der Waals surface area (Å²) in [6.45, 7) is 6.11. The summed E-state index contributed by atoms with van der Waals surface area (Å²) in [5.41, 5.74) is 0.980. The minimum atomic E-state index is -0.451. The van der Waals surface area contributed by atoms with E-state index in [-0.39, 0.29) is 24.0 Å². The normalized spacial score (nSPS) is 17.3. The van der Waals surface area contributed by atoms with Gasteiger partial charge in [-0.2, -0.15) is 0 Å². The van der Waals surface area contributed by atoms with E-state index in [0.717, 1.165) is 32.4 Å². The van der Waals surface area contributed by atoms with Gasteiger partial charge in [-0.25, -0.2) is 0 Å². The summed E-state index contributed by atoms with van der Waals surface area (Å²) >= 11 is 0. The first-order valence-corrected chi connectivity index (χ1v) is 9.43. The van der Waals surface area contributed by atoms with E-state index in [1.165, 1.54) is 6.07 Å². The molecule has 8 nitrogen and oxygen atoms in total. The number of anilines is 1. The van der Waals surface area contributed by atoms with Crippen molar-refractivity contribution in [3.05, 3.63) is 33.9 Å². The quantitative estimate of drug-likeness (QED) is 0.536. The minimum absolute atomic E-state index is 0.00587. The number of likely N-dealkylation sites (tertiary alicyclic amines) is 1. The molecule has 1 unspecified atom stereocenters. The van der Waals surface area contributed by atoms with Gasteiger partial charge in [0.15, 0.2) is 0 Å². The Morgan fingerprint density at radius 2 is 2.11 bits per heavy atom. The monoisotopic (exact) mass is 376 g/mol. The van der Waals surface area contributed by atoms with Gasteiger partial charge in [0.25, 0.3) is 5.69 Å². The van der Waals surface area contributed by atoms with Gasteiger partial charge in [0.05, 0.1) is 11.5 Å². The van der Waals surface area contributed by atoms with Crippen LogP contribution in [0.25, 0.3) is 0 Å². The highest BCUT2D eigenvalue weighted by atomic mass is 16.6. The maximum Gasteiger partial charge on any atom is 0.274 e. The highest BCUT2D eigenvalue weighted by Gasteiger charge is 2.22. The maximum atomic E-state index is 12.3. The molecule has 1 fully saturated rings. The van der Waals surface area contributed by atoms with E-state index in [0.29, 0.717) is 30.1 Å². The number of carbonyl (C=O) groups is 2. The Kier molecular flexibility index (Phi) is 7.72. The number of hydrogen-bond acceptors (Lipinski definition) is 5. The zero-order valence-electron chi connectivity index (χ0n) is 16.0. The van der Waals surface area contributed by atoms with Gasteiger partial charge >= 0.3 is 0 Å². The molecule has 2 amide bonds. The zero-order chi connectivity index (χ0) is 19.8. The van der Waals surface area contributed by atoms with Crippen molar-refractivity contribution in [2.75, 3.05) is 31.5 Å². The molecule has 1 aliphatic rings. The van der Waals surface area contributed by atoms with Gasteiger partial charge in [-0.3, -0.25) is 24.6 Å². The van der Waals surface area contributed by atoms with Crippen molar-refractivity contribution >= 4 is 23.2 Å². The van der Waals surface area contributed by atoms with Crippen molar-refractivity contribution in [3.8, 4) is 0 Å². The van der Waals surface area contributed by atoms with Crippen molar-refractivity contribution in [1.82, 2.24) is 10.2 Å². The van der Waals surface area contributed by atoms with Crippen LogP contribution >= 0.6 is 0 Å². The molecule has 8 heteroatoms. The first-order valence-electron chi connectivity index (χ1n) is 9.43. The zero-order valence-corrected chi connectivity index (χ0v) is 16.0. The second kappa shape index (κ2) is 10.0. The average molecular weight is 376 g/mol. The molecular formula is C19H28N4O4. The second-order valence-corrected chi connectivity index (χ2v) is 7.10. The fourth-order valence-corrected chi connectivity index (χ4v) is 3.32. The fraction of sp³-hybridized carbons (Fsp3) is 0.579. The molecule has 0 spiro atoms. The van der Waals surface area contributed by atoms with E-state index in [9.17, 15) is 19.7 Å². The summed E-state index contributed by atoms with van der Waals surface area (Å²) in [5.74, 6) is 0.227. The number of piperidine rings is 1. The van der Waals surface area contributed by atoms with Crippen molar-refractivity contribution in [3.63, 3.8) is 0 Å². The molecule has 0 bridgehead atoms. The predicted octanol–water partition coefficient (Wildman–Crippen LogP) is 2.47. The third-order valence-electron chi connectivity index (χ3n) is 4.72. The Balaban J connectivity index is 1.84. The summed E-state index contributed by atoms with van der Waals surface area (Å²) in [6.07, 6.45) is 3.40. The van der Waals surface area contributed by atoms with E-state index in [4.69, 9.17) is 0 Å². The highest BCUT2D eigenvalue weighted by molar-refractivity contribution is 5.92. The van der Waals surface area contributed by atoms with Gasteiger partial charge in [-0.05, 0) is 44.7 Å². The topological polar surface area (TPSA) is 105 Å². The van der Waals surface area contributed by atoms with E-state index >= 15 is 0 Å². The summed E-state index contributed by atoms with van der Waals surface area (Å²) < 4.78 is 0. The van der Waals surface area contributed by atoms with Crippen molar-refractivity contribution in [2.24, 2.45) is 5.92 Å².